The van der Waals surface area contributed by atoms with Crippen LogP contribution in [0.5, 0.6) is 5.75 Å². The van der Waals surface area contributed by atoms with Crippen molar-refractivity contribution in [2.45, 2.75) is 26.2 Å². The van der Waals surface area contributed by atoms with Gasteiger partial charge in [0.15, 0.2) is 0 Å². The van der Waals surface area contributed by atoms with Gasteiger partial charge >= 0.3 is 0 Å². The molecule has 3 nitrogen and oxygen atoms in total. The van der Waals surface area contributed by atoms with Crippen LogP contribution in [0.4, 0.5) is 0 Å². The lowest BCUT2D eigenvalue weighted by atomic mass is 10.1. The highest BCUT2D eigenvalue weighted by atomic mass is 16.5. The molecular formula is C17H24N2O. The van der Waals surface area contributed by atoms with Crippen LogP contribution in [0.3, 0.4) is 0 Å². The second kappa shape index (κ2) is 7.94. The van der Waals surface area contributed by atoms with Crippen LogP contribution in [0, 0.1) is 18.8 Å². The highest BCUT2D eigenvalue weighted by Gasteiger charge is 2.09. The van der Waals surface area contributed by atoms with E-state index in [1.54, 1.807) is 0 Å². The highest BCUT2D eigenvalue weighted by Crippen LogP contribution is 2.19. The number of hydrogen-bond donors (Lipinski definition) is 1. The topological polar surface area (TPSA) is 38.5 Å². The van der Waals surface area contributed by atoms with Crippen LogP contribution in [-0.4, -0.2) is 37.7 Å². The first-order valence-electron chi connectivity index (χ1n) is 7.44. The lowest BCUT2D eigenvalue weighted by Gasteiger charge is -2.26. The number of ether oxygens (including phenoxy) is 1. The Bertz CT molecular complexity index is 481. The average Bonchev–Trinajstić information content (AvgIpc) is 2.48. The first-order chi connectivity index (χ1) is 9.79. The summed E-state index contributed by atoms with van der Waals surface area (Å²) in [5.41, 5.74) is 7.51. The van der Waals surface area contributed by atoms with Gasteiger partial charge in [-0.1, -0.05) is 18.3 Å². The van der Waals surface area contributed by atoms with E-state index in [2.05, 4.69) is 29.7 Å². The first-order valence-corrected chi connectivity index (χ1v) is 7.44. The number of piperidine rings is 1. The van der Waals surface area contributed by atoms with Crippen molar-refractivity contribution in [2.24, 2.45) is 5.73 Å². The Kier molecular flexibility index (Phi) is 5.91. The molecule has 1 saturated heterocycles. The van der Waals surface area contributed by atoms with Gasteiger partial charge in [-0.25, -0.2) is 0 Å². The molecule has 0 spiro atoms. The van der Waals surface area contributed by atoms with Crippen LogP contribution in [0.15, 0.2) is 18.2 Å². The molecular weight excluding hydrogens is 248 g/mol. The fourth-order valence-electron chi connectivity index (χ4n) is 2.51. The monoisotopic (exact) mass is 272 g/mol. The molecule has 1 aromatic rings. The zero-order valence-corrected chi connectivity index (χ0v) is 12.3. The normalized spacial score (nSPS) is 15.5. The van der Waals surface area contributed by atoms with Crippen LogP contribution in [0.25, 0.3) is 0 Å². The molecule has 1 heterocycles. The van der Waals surface area contributed by atoms with Gasteiger partial charge < -0.3 is 10.5 Å². The molecule has 0 atom stereocenters. The number of rotatable bonds is 4. The molecule has 0 bridgehead atoms. The third-order valence-electron chi connectivity index (χ3n) is 3.62. The molecule has 1 aliphatic heterocycles. The maximum Gasteiger partial charge on any atom is 0.122 e. The second-order valence-electron chi connectivity index (χ2n) is 5.24. The average molecular weight is 272 g/mol. The molecule has 1 fully saturated rings. The van der Waals surface area contributed by atoms with Gasteiger partial charge in [-0.2, -0.15) is 0 Å². The van der Waals surface area contributed by atoms with E-state index in [9.17, 15) is 0 Å². The Morgan fingerprint density at radius 2 is 2.05 bits per heavy atom. The van der Waals surface area contributed by atoms with Crippen molar-refractivity contribution in [1.29, 1.82) is 0 Å². The molecule has 0 unspecified atom stereocenters. The summed E-state index contributed by atoms with van der Waals surface area (Å²) in [6.07, 6.45) is 4.03. The minimum absolute atomic E-state index is 0.396. The maximum atomic E-state index is 5.88. The summed E-state index contributed by atoms with van der Waals surface area (Å²) >= 11 is 0. The third kappa shape index (κ3) is 4.56. The van der Waals surface area contributed by atoms with E-state index in [-0.39, 0.29) is 0 Å². The van der Waals surface area contributed by atoms with Gasteiger partial charge in [-0.15, -0.1) is 0 Å². The molecule has 2 rings (SSSR count). The van der Waals surface area contributed by atoms with Crippen LogP contribution >= 0.6 is 0 Å². The summed E-state index contributed by atoms with van der Waals surface area (Å²) in [6, 6.07) is 6.05. The molecule has 20 heavy (non-hydrogen) atoms. The summed E-state index contributed by atoms with van der Waals surface area (Å²) in [5.74, 6) is 6.87. The Labute approximate surface area is 122 Å². The Balaban J connectivity index is 1.83. The Hall–Kier alpha value is -1.50. The molecule has 0 aliphatic carbocycles. The Morgan fingerprint density at radius 1 is 1.25 bits per heavy atom. The summed E-state index contributed by atoms with van der Waals surface area (Å²) in [6.45, 7) is 6.67. The van der Waals surface area contributed by atoms with Crippen LogP contribution in [-0.2, 0) is 0 Å². The second-order valence-corrected chi connectivity index (χ2v) is 5.24. The van der Waals surface area contributed by atoms with Gasteiger partial charge in [-0.3, -0.25) is 4.90 Å². The van der Waals surface area contributed by atoms with Crippen molar-refractivity contribution in [2.75, 3.05) is 32.8 Å². The molecule has 0 radical (unpaired) electrons. The fraction of sp³-hybridized carbons (Fsp3) is 0.529. The molecule has 0 amide bonds. The maximum absolute atomic E-state index is 5.88. The molecule has 0 saturated carbocycles. The van der Waals surface area contributed by atoms with E-state index < -0.39 is 0 Å². The summed E-state index contributed by atoms with van der Waals surface area (Å²) in [5, 5.41) is 0. The van der Waals surface area contributed by atoms with Gasteiger partial charge in [0.1, 0.15) is 12.4 Å². The number of aryl methyl sites for hydroxylation is 1. The summed E-state index contributed by atoms with van der Waals surface area (Å²) in [7, 11) is 0. The first kappa shape index (κ1) is 14.9. The van der Waals surface area contributed by atoms with E-state index >= 15 is 0 Å². The fourth-order valence-corrected chi connectivity index (χ4v) is 2.51. The zero-order valence-electron chi connectivity index (χ0n) is 12.3. The van der Waals surface area contributed by atoms with Crippen molar-refractivity contribution in [3.63, 3.8) is 0 Å². The number of likely N-dealkylation sites (tertiary alicyclic amines) is 1. The van der Waals surface area contributed by atoms with Gasteiger partial charge in [-0.05, 0) is 56.6 Å². The largest absolute Gasteiger partial charge is 0.492 e. The Morgan fingerprint density at radius 3 is 2.75 bits per heavy atom. The van der Waals surface area contributed by atoms with Gasteiger partial charge in [0.2, 0.25) is 0 Å². The van der Waals surface area contributed by atoms with E-state index in [1.807, 2.05) is 12.1 Å². The lowest BCUT2D eigenvalue weighted by molar-refractivity contribution is 0.183. The number of nitrogens with two attached hydrogens (primary N) is 1. The highest BCUT2D eigenvalue weighted by molar-refractivity contribution is 5.43. The minimum atomic E-state index is 0.396. The summed E-state index contributed by atoms with van der Waals surface area (Å²) < 4.78 is 5.88. The summed E-state index contributed by atoms with van der Waals surface area (Å²) in [4.78, 5) is 2.49. The number of hydrogen-bond acceptors (Lipinski definition) is 3. The molecule has 1 aromatic carbocycles. The van der Waals surface area contributed by atoms with Crippen molar-refractivity contribution in [3.8, 4) is 17.6 Å². The van der Waals surface area contributed by atoms with E-state index in [4.69, 9.17) is 10.5 Å². The van der Waals surface area contributed by atoms with E-state index in [1.165, 1.54) is 32.4 Å². The predicted octanol–water partition coefficient (Wildman–Crippen LogP) is 2.17. The molecule has 3 heteroatoms. The standard InChI is InChI=1S/C17H24N2O/c1-15-14-16(6-5-9-18)7-8-17(15)20-13-12-19-10-3-2-4-11-19/h7-8,14H,2-4,9-13,18H2,1H3. The number of benzene rings is 1. The molecule has 2 N–H and O–H groups in total. The third-order valence-corrected chi connectivity index (χ3v) is 3.62. The van der Waals surface area contributed by atoms with E-state index in [0.717, 1.165) is 30.0 Å². The van der Waals surface area contributed by atoms with Crippen LogP contribution in [0.2, 0.25) is 0 Å². The van der Waals surface area contributed by atoms with Crippen molar-refractivity contribution in [3.05, 3.63) is 29.3 Å². The molecule has 108 valence electrons. The molecule has 1 aliphatic rings. The van der Waals surface area contributed by atoms with Crippen molar-refractivity contribution < 1.29 is 4.74 Å². The van der Waals surface area contributed by atoms with Gasteiger partial charge in [0, 0.05) is 12.1 Å². The number of nitrogens with zero attached hydrogens (tertiary/aromatic N) is 1. The van der Waals surface area contributed by atoms with Gasteiger partial charge in [0.05, 0.1) is 6.54 Å². The SMILES string of the molecule is Cc1cc(C#CCN)ccc1OCCN1CCCCC1. The zero-order chi connectivity index (χ0) is 14.2. The van der Waals surface area contributed by atoms with Crippen molar-refractivity contribution in [1.82, 2.24) is 4.90 Å². The molecule has 0 aromatic heterocycles. The lowest BCUT2D eigenvalue weighted by Crippen LogP contribution is -2.33. The quantitative estimate of drug-likeness (QED) is 0.854. The van der Waals surface area contributed by atoms with Crippen molar-refractivity contribution >= 4 is 0 Å². The van der Waals surface area contributed by atoms with Crippen LogP contribution in [0.1, 0.15) is 30.4 Å². The predicted molar refractivity (Wildman–Crippen MR) is 82.9 cm³/mol. The minimum Gasteiger partial charge on any atom is -0.492 e. The van der Waals surface area contributed by atoms with Gasteiger partial charge in [0.25, 0.3) is 0 Å². The van der Waals surface area contributed by atoms with E-state index in [0.29, 0.717) is 6.54 Å². The van der Waals surface area contributed by atoms with Crippen LogP contribution < -0.4 is 10.5 Å². The smallest absolute Gasteiger partial charge is 0.122 e.